The number of alkyl halides is 6. The van der Waals surface area contributed by atoms with E-state index >= 15 is 0 Å². The molecule has 0 saturated heterocycles. The summed E-state index contributed by atoms with van der Waals surface area (Å²) in [6.45, 7) is 6.12. The van der Waals surface area contributed by atoms with Crippen molar-refractivity contribution in [2.24, 2.45) is 0 Å². The summed E-state index contributed by atoms with van der Waals surface area (Å²) in [6, 6.07) is 1.49. The second-order valence-corrected chi connectivity index (χ2v) is 4.38. The fraction of sp³-hybridized carbons (Fsp3) is 0.385. The van der Waals surface area contributed by atoms with Crippen molar-refractivity contribution in [2.75, 3.05) is 0 Å². The van der Waals surface area contributed by atoms with Crippen LogP contribution in [0.4, 0.5) is 26.3 Å². The third-order valence-electron chi connectivity index (χ3n) is 2.68. The Kier molecular flexibility index (Phi) is 4.03. The lowest BCUT2D eigenvalue weighted by Gasteiger charge is -2.19. The highest BCUT2D eigenvalue weighted by atomic mass is 19.4. The lowest BCUT2D eigenvalue weighted by Crippen LogP contribution is -2.16. The Morgan fingerprint density at radius 2 is 1.32 bits per heavy atom. The Balaban J connectivity index is 3.72. The number of hydrogen-bond acceptors (Lipinski definition) is 0. The van der Waals surface area contributed by atoms with E-state index in [4.69, 9.17) is 0 Å². The molecule has 0 fully saturated rings. The maximum absolute atomic E-state index is 12.8. The molecule has 0 amide bonds. The molecule has 106 valence electrons. The standard InChI is InChI=1S/C13H12F6/c1-4-9-10(12(14,15)16)5-8(7(2)3)6-11(9)13(17,18)19/h4-7H,1H2,2-3H3. The van der Waals surface area contributed by atoms with E-state index in [1.54, 1.807) is 0 Å². The zero-order valence-electron chi connectivity index (χ0n) is 10.3. The third kappa shape index (κ3) is 3.30. The van der Waals surface area contributed by atoms with Gasteiger partial charge in [0.2, 0.25) is 0 Å². The molecule has 0 bridgehead atoms. The van der Waals surface area contributed by atoms with E-state index in [1.807, 2.05) is 0 Å². The van der Waals surface area contributed by atoms with Crippen LogP contribution in [0.2, 0.25) is 0 Å². The van der Waals surface area contributed by atoms with Crippen LogP contribution in [0.1, 0.15) is 42.0 Å². The minimum absolute atomic E-state index is 0.00903. The highest BCUT2D eigenvalue weighted by Crippen LogP contribution is 2.41. The smallest absolute Gasteiger partial charge is 0.166 e. The Hall–Kier alpha value is -1.46. The van der Waals surface area contributed by atoms with Gasteiger partial charge in [0.25, 0.3) is 0 Å². The number of halogens is 6. The largest absolute Gasteiger partial charge is 0.417 e. The van der Waals surface area contributed by atoms with Crippen molar-refractivity contribution in [1.29, 1.82) is 0 Å². The SMILES string of the molecule is C=Cc1c(C(F)(F)F)cc(C(C)C)cc1C(F)(F)F. The minimum Gasteiger partial charge on any atom is -0.166 e. The van der Waals surface area contributed by atoms with Crippen LogP contribution >= 0.6 is 0 Å². The summed E-state index contributed by atoms with van der Waals surface area (Å²) in [5.74, 6) is -0.443. The molecule has 19 heavy (non-hydrogen) atoms. The molecule has 0 aliphatic rings. The topological polar surface area (TPSA) is 0 Å². The predicted molar refractivity (Wildman–Crippen MR) is 60.6 cm³/mol. The van der Waals surface area contributed by atoms with Gasteiger partial charge in [-0.3, -0.25) is 0 Å². The fourth-order valence-electron chi connectivity index (χ4n) is 1.70. The summed E-state index contributed by atoms with van der Waals surface area (Å²) < 4.78 is 77.0. The molecule has 0 atom stereocenters. The summed E-state index contributed by atoms with van der Waals surface area (Å²) in [4.78, 5) is 0. The van der Waals surface area contributed by atoms with Crippen molar-refractivity contribution in [3.8, 4) is 0 Å². The lowest BCUT2D eigenvalue weighted by molar-refractivity contribution is -0.143. The van der Waals surface area contributed by atoms with Gasteiger partial charge in [-0.05, 0) is 29.2 Å². The summed E-state index contributed by atoms with van der Waals surface area (Å²) in [5, 5.41) is 0. The molecular weight excluding hydrogens is 270 g/mol. The van der Waals surface area contributed by atoms with Crippen LogP contribution in [0.15, 0.2) is 18.7 Å². The van der Waals surface area contributed by atoms with Gasteiger partial charge in [-0.15, -0.1) is 0 Å². The fourth-order valence-corrected chi connectivity index (χ4v) is 1.70. The average molecular weight is 282 g/mol. The van der Waals surface area contributed by atoms with Crippen LogP contribution in [0, 0.1) is 0 Å². The van der Waals surface area contributed by atoms with Gasteiger partial charge in [0.05, 0.1) is 11.1 Å². The number of rotatable bonds is 2. The molecule has 0 heterocycles. The van der Waals surface area contributed by atoms with Gasteiger partial charge in [0, 0.05) is 0 Å². The van der Waals surface area contributed by atoms with E-state index in [0.717, 1.165) is 12.1 Å². The average Bonchev–Trinajstić information content (AvgIpc) is 2.24. The van der Waals surface area contributed by atoms with E-state index in [0.29, 0.717) is 6.08 Å². The van der Waals surface area contributed by atoms with Gasteiger partial charge in [-0.25, -0.2) is 0 Å². The van der Waals surface area contributed by atoms with E-state index in [9.17, 15) is 26.3 Å². The maximum Gasteiger partial charge on any atom is 0.417 e. The Morgan fingerprint density at radius 3 is 1.53 bits per heavy atom. The van der Waals surface area contributed by atoms with Crippen LogP contribution in [0.5, 0.6) is 0 Å². The highest BCUT2D eigenvalue weighted by Gasteiger charge is 2.40. The first-order valence-corrected chi connectivity index (χ1v) is 5.43. The zero-order chi connectivity index (χ0) is 15.0. The molecule has 0 unspecified atom stereocenters. The number of hydrogen-bond donors (Lipinski definition) is 0. The van der Waals surface area contributed by atoms with Crippen molar-refractivity contribution >= 4 is 6.08 Å². The molecule has 0 aliphatic carbocycles. The monoisotopic (exact) mass is 282 g/mol. The van der Waals surface area contributed by atoms with E-state index in [1.165, 1.54) is 13.8 Å². The second-order valence-electron chi connectivity index (χ2n) is 4.38. The van der Waals surface area contributed by atoms with Gasteiger partial charge >= 0.3 is 12.4 Å². The van der Waals surface area contributed by atoms with Crippen LogP contribution < -0.4 is 0 Å². The zero-order valence-corrected chi connectivity index (χ0v) is 10.3. The van der Waals surface area contributed by atoms with Gasteiger partial charge in [0.1, 0.15) is 0 Å². The third-order valence-corrected chi connectivity index (χ3v) is 2.68. The Labute approximate surface area is 106 Å². The minimum atomic E-state index is -4.85. The first-order valence-electron chi connectivity index (χ1n) is 5.43. The van der Waals surface area contributed by atoms with Crippen molar-refractivity contribution in [3.63, 3.8) is 0 Å². The van der Waals surface area contributed by atoms with Gasteiger partial charge in [0.15, 0.2) is 0 Å². The van der Waals surface area contributed by atoms with E-state index in [2.05, 4.69) is 6.58 Å². The first-order chi connectivity index (χ1) is 8.48. The van der Waals surface area contributed by atoms with Crippen LogP contribution in [0.3, 0.4) is 0 Å². The molecule has 1 aromatic carbocycles. The van der Waals surface area contributed by atoms with Crippen molar-refractivity contribution in [3.05, 3.63) is 41.0 Å². The molecule has 1 aromatic rings. The van der Waals surface area contributed by atoms with Gasteiger partial charge in [-0.2, -0.15) is 26.3 Å². The maximum atomic E-state index is 12.8. The summed E-state index contributed by atoms with van der Waals surface area (Å²) in [5.41, 5.74) is -3.54. The van der Waals surface area contributed by atoms with E-state index < -0.39 is 35.0 Å². The first kappa shape index (κ1) is 15.6. The summed E-state index contributed by atoms with van der Waals surface area (Å²) in [7, 11) is 0. The molecule has 0 radical (unpaired) electrons. The highest BCUT2D eigenvalue weighted by molar-refractivity contribution is 5.60. The Bertz CT molecular complexity index is 444. The van der Waals surface area contributed by atoms with Crippen LogP contribution in [-0.4, -0.2) is 0 Å². The molecule has 0 aliphatic heterocycles. The summed E-state index contributed by atoms with van der Waals surface area (Å²) >= 11 is 0. The molecular formula is C13H12F6. The van der Waals surface area contributed by atoms with Crippen molar-refractivity contribution in [2.45, 2.75) is 32.1 Å². The molecule has 0 spiro atoms. The van der Waals surface area contributed by atoms with Gasteiger partial charge in [-0.1, -0.05) is 26.5 Å². The molecule has 6 heteroatoms. The molecule has 0 aromatic heterocycles. The molecule has 0 nitrogen and oxygen atoms in total. The number of benzene rings is 1. The second kappa shape index (κ2) is 4.90. The van der Waals surface area contributed by atoms with E-state index in [-0.39, 0.29) is 5.56 Å². The molecule has 0 N–H and O–H groups in total. The molecule has 0 saturated carbocycles. The van der Waals surface area contributed by atoms with Crippen molar-refractivity contribution < 1.29 is 26.3 Å². The van der Waals surface area contributed by atoms with Crippen LogP contribution in [-0.2, 0) is 12.4 Å². The quantitative estimate of drug-likeness (QED) is 0.629. The normalized spacial score (nSPS) is 12.9. The predicted octanol–water partition coefficient (Wildman–Crippen LogP) is 5.49. The van der Waals surface area contributed by atoms with Crippen molar-refractivity contribution in [1.82, 2.24) is 0 Å². The summed E-state index contributed by atoms with van der Waals surface area (Å²) in [6.07, 6.45) is -9.11. The van der Waals surface area contributed by atoms with Crippen LogP contribution in [0.25, 0.3) is 6.08 Å². The Morgan fingerprint density at radius 1 is 0.947 bits per heavy atom. The van der Waals surface area contributed by atoms with Gasteiger partial charge < -0.3 is 0 Å². The molecule has 1 rings (SSSR count). The lowest BCUT2D eigenvalue weighted by atomic mass is 9.92.